The molecule has 0 heterocycles. The molecule has 3 atom stereocenters. The Morgan fingerprint density at radius 2 is 0.813 bits per heavy atom. The summed E-state index contributed by atoms with van der Waals surface area (Å²) in [7, 11) is 1.54. The van der Waals surface area contributed by atoms with Crippen molar-refractivity contribution in [2.75, 3.05) is 40.9 Å². The molecule has 3 unspecified atom stereocenters. The normalized spacial score (nSPS) is 14.7. The van der Waals surface area contributed by atoms with Crippen molar-refractivity contribution >= 4 is 13.7 Å². The predicted molar refractivity (Wildman–Crippen MR) is 327 cm³/mol. The van der Waals surface area contributed by atoms with Gasteiger partial charge in [0.2, 0.25) is 5.91 Å². The lowest BCUT2D eigenvalue weighted by molar-refractivity contribution is -0.870. The molecule has 9 heteroatoms. The summed E-state index contributed by atoms with van der Waals surface area (Å²) in [6.45, 7) is 4.67. The average molecular weight is 1060 g/mol. The van der Waals surface area contributed by atoms with Crippen LogP contribution in [0.3, 0.4) is 0 Å². The van der Waals surface area contributed by atoms with Crippen molar-refractivity contribution in [3.63, 3.8) is 0 Å². The Morgan fingerprint density at radius 3 is 1.23 bits per heavy atom. The van der Waals surface area contributed by atoms with Gasteiger partial charge in [0.25, 0.3) is 0 Å². The van der Waals surface area contributed by atoms with E-state index in [2.05, 4.69) is 129 Å². The summed E-state index contributed by atoms with van der Waals surface area (Å²) in [5, 5.41) is 13.9. The van der Waals surface area contributed by atoms with Gasteiger partial charge >= 0.3 is 7.82 Å². The number of phosphoric ester groups is 1. The van der Waals surface area contributed by atoms with Crippen molar-refractivity contribution in [2.24, 2.45) is 0 Å². The number of likely N-dealkylation sites (N-methyl/N-ethyl adjacent to an activating group) is 1. The minimum atomic E-state index is -4.36. The highest BCUT2D eigenvalue weighted by atomic mass is 31.2. The maximum Gasteiger partial charge on any atom is 0.472 e. The van der Waals surface area contributed by atoms with Crippen LogP contribution in [0.4, 0.5) is 0 Å². The van der Waals surface area contributed by atoms with Crippen molar-refractivity contribution in [1.82, 2.24) is 5.32 Å². The second-order valence-electron chi connectivity index (χ2n) is 21.3. The number of carbonyl (C=O) groups is 1. The number of aliphatic hydroxyl groups excluding tert-OH is 1. The fourth-order valence-electron chi connectivity index (χ4n) is 8.19. The molecule has 0 aromatic carbocycles. The van der Waals surface area contributed by atoms with E-state index in [1.807, 2.05) is 27.2 Å². The van der Waals surface area contributed by atoms with E-state index in [0.29, 0.717) is 17.4 Å². The number of carbonyl (C=O) groups excluding carboxylic acids is 1. The van der Waals surface area contributed by atoms with Crippen molar-refractivity contribution in [3.8, 4) is 0 Å². The Labute approximate surface area is 463 Å². The fraction of sp³-hybridized carbons (Fsp3) is 0.682. The predicted octanol–water partition coefficient (Wildman–Crippen LogP) is 18.9. The number of hydrogen-bond acceptors (Lipinski definition) is 5. The van der Waals surface area contributed by atoms with Crippen LogP contribution in [0, 0.1) is 0 Å². The molecule has 0 aromatic rings. The lowest BCUT2D eigenvalue weighted by Gasteiger charge is -2.25. The van der Waals surface area contributed by atoms with Crippen LogP contribution >= 0.6 is 7.82 Å². The van der Waals surface area contributed by atoms with Crippen molar-refractivity contribution in [1.29, 1.82) is 0 Å². The third kappa shape index (κ3) is 58.4. The van der Waals surface area contributed by atoms with Crippen LogP contribution in [0.2, 0.25) is 0 Å². The number of hydrogen-bond donors (Lipinski definition) is 3. The molecular formula is C66H116N2O6P+. The molecule has 8 nitrogen and oxygen atoms in total. The van der Waals surface area contributed by atoms with Gasteiger partial charge in [-0.25, -0.2) is 4.57 Å². The van der Waals surface area contributed by atoms with E-state index in [1.54, 1.807) is 6.08 Å². The average Bonchev–Trinajstić information content (AvgIpc) is 3.37. The Hall–Kier alpha value is -3.10. The molecule has 0 rings (SSSR count). The quantitative estimate of drug-likeness (QED) is 0.0243. The molecule has 0 saturated heterocycles. The Bertz CT molecular complexity index is 1630. The van der Waals surface area contributed by atoms with E-state index in [0.717, 1.165) is 89.9 Å². The van der Waals surface area contributed by atoms with E-state index in [-0.39, 0.29) is 19.1 Å². The zero-order valence-corrected chi connectivity index (χ0v) is 49.9. The molecule has 0 radical (unpaired) electrons. The molecule has 0 spiro atoms. The van der Waals surface area contributed by atoms with Gasteiger partial charge in [-0.3, -0.25) is 13.8 Å². The van der Waals surface area contributed by atoms with Crippen LogP contribution in [-0.4, -0.2) is 73.4 Å². The largest absolute Gasteiger partial charge is 0.472 e. The summed E-state index contributed by atoms with van der Waals surface area (Å²) in [4.78, 5) is 23.3. The number of rotatable bonds is 54. The number of allylic oxidation sites excluding steroid dienone is 19. The zero-order chi connectivity index (χ0) is 54.9. The van der Waals surface area contributed by atoms with E-state index in [9.17, 15) is 19.4 Å². The molecule has 0 bridgehead atoms. The fourth-order valence-corrected chi connectivity index (χ4v) is 8.93. The smallest absolute Gasteiger partial charge is 0.387 e. The van der Waals surface area contributed by atoms with Crippen LogP contribution < -0.4 is 5.32 Å². The second-order valence-corrected chi connectivity index (χ2v) is 22.8. The minimum absolute atomic E-state index is 0.0509. The molecular weight excluding hydrogens is 948 g/mol. The van der Waals surface area contributed by atoms with Crippen molar-refractivity contribution in [2.45, 2.75) is 251 Å². The number of amides is 1. The summed E-state index contributed by atoms with van der Waals surface area (Å²) in [5.41, 5.74) is 0. The minimum Gasteiger partial charge on any atom is -0.387 e. The number of nitrogens with zero attached hydrogens (tertiary/aromatic N) is 1. The zero-order valence-electron chi connectivity index (χ0n) is 49.0. The summed E-state index contributed by atoms with van der Waals surface area (Å²) in [5.74, 6) is -0.193. The number of unbranched alkanes of at least 4 members (excludes halogenated alkanes) is 23. The summed E-state index contributed by atoms with van der Waals surface area (Å²) in [6, 6.07) is -0.872. The first-order valence-electron chi connectivity index (χ1n) is 30.4. The maximum absolute atomic E-state index is 13.0. The second kappa shape index (κ2) is 55.6. The molecule has 75 heavy (non-hydrogen) atoms. The number of quaternary nitrogens is 1. The van der Waals surface area contributed by atoms with Gasteiger partial charge in [0.15, 0.2) is 0 Å². The van der Waals surface area contributed by atoms with Crippen LogP contribution in [0.5, 0.6) is 0 Å². The van der Waals surface area contributed by atoms with E-state index >= 15 is 0 Å². The number of nitrogens with one attached hydrogen (secondary N) is 1. The van der Waals surface area contributed by atoms with Gasteiger partial charge < -0.3 is 19.8 Å². The first kappa shape index (κ1) is 71.9. The lowest BCUT2D eigenvalue weighted by atomic mass is 10.0. The van der Waals surface area contributed by atoms with Gasteiger partial charge in [0.1, 0.15) is 13.2 Å². The molecule has 0 aliphatic carbocycles. The van der Waals surface area contributed by atoms with Gasteiger partial charge in [-0.1, -0.05) is 257 Å². The van der Waals surface area contributed by atoms with Crippen LogP contribution in [-0.2, 0) is 18.4 Å². The Morgan fingerprint density at radius 1 is 0.467 bits per heavy atom. The number of phosphoric acid groups is 1. The maximum atomic E-state index is 13.0. The molecule has 430 valence electrons. The van der Waals surface area contributed by atoms with Gasteiger partial charge in [0.05, 0.1) is 39.9 Å². The third-order valence-corrected chi connectivity index (χ3v) is 13.9. The molecule has 0 saturated carbocycles. The first-order valence-corrected chi connectivity index (χ1v) is 31.9. The van der Waals surface area contributed by atoms with Crippen LogP contribution in [0.1, 0.15) is 239 Å². The Balaban J connectivity index is 4.13. The van der Waals surface area contributed by atoms with Gasteiger partial charge in [0, 0.05) is 6.42 Å². The van der Waals surface area contributed by atoms with Crippen LogP contribution in [0.25, 0.3) is 0 Å². The SMILES string of the molecule is CC/C=C\C/C=C\C/C=C\C/C=C\C/C=C\C/C=C\C/C=C\C/C=C\CCCCCCCCCCCCCCC(=O)NC(COP(=O)(O)OCC[N+](C)(C)C)C(O)/C=C/CC/C=C/CCCCCCCCCCCC. The molecule has 0 aliphatic rings. The van der Waals surface area contributed by atoms with E-state index < -0.39 is 20.0 Å². The van der Waals surface area contributed by atoms with E-state index in [4.69, 9.17) is 9.05 Å². The molecule has 1 amide bonds. The van der Waals surface area contributed by atoms with Crippen molar-refractivity contribution < 1.29 is 32.9 Å². The van der Waals surface area contributed by atoms with Gasteiger partial charge in [-0.15, -0.1) is 0 Å². The van der Waals surface area contributed by atoms with Gasteiger partial charge in [-0.2, -0.15) is 0 Å². The first-order chi connectivity index (χ1) is 36.5. The molecule has 0 fully saturated rings. The molecule has 3 N–H and O–H groups in total. The lowest BCUT2D eigenvalue weighted by Crippen LogP contribution is -2.45. The highest BCUT2D eigenvalue weighted by molar-refractivity contribution is 7.47. The van der Waals surface area contributed by atoms with Gasteiger partial charge in [-0.05, 0) is 96.3 Å². The monoisotopic (exact) mass is 1060 g/mol. The van der Waals surface area contributed by atoms with Crippen LogP contribution in [0.15, 0.2) is 122 Å². The third-order valence-electron chi connectivity index (χ3n) is 12.9. The highest BCUT2D eigenvalue weighted by Crippen LogP contribution is 2.43. The molecule has 0 aromatic heterocycles. The summed E-state index contributed by atoms with van der Waals surface area (Å²) in [6.07, 6.45) is 83.1. The van der Waals surface area contributed by atoms with E-state index in [1.165, 1.54) is 128 Å². The summed E-state index contributed by atoms with van der Waals surface area (Å²) < 4.78 is 23.7. The Kier molecular flexibility index (Phi) is 53.3. The van der Waals surface area contributed by atoms with Crippen molar-refractivity contribution in [3.05, 3.63) is 122 Å². The number of aliphatic hydroxyl groups is 1. The highest BCUT2D eigenvalue weighted by Gasteiger charge is 2.27. The summed E-state index contributed by atoms with van der Waals surface area (Å²) >= 11 is 0. The standard InChI is InChI=1S/C66H115N2O6P/c1-6-8-10-12-14-16-18-20-22-24-25-26-27-28-29-30-31-32-33-34-35-36-37-38-39-40-41-42-43-44-46-48-50-52-54-56-58-60-66(70)67-64(63-74-75(71,72)73-62-61-68(3,4)5)65(69)59-57-55-53-51-49-47-45-23-21-19-17-15-13-11-9-7-2/h8,10,14,16,20,22,25-26,28-29,31-32,34-35,37-38,49,51,57,59,64-65,69H,6-7,9,11-13,15,17-19,21,23-24,27,30,33,36,39-48,50,52-56,58,60-63H2,1-5H3,(H-,67,70,71,72)/p+1/b10-8-,16-14-,22-20-,26-25-,29-28-,32-31-,35-34-,38-37-,51-49+,59-57+. The molecule has 0 aliphatic heterocycles. The topological polar surface area (TPSA) is 105 Å².